The van der Waals surface area contributed by atoms with Gasteiger partial charge >= 0.3 is 0 Å². The molecule has 0 N–H and O–H groups in total. The van der Waals surface area contributed by atoms with Gasteiger partial charge in [-0.15, -0.1) is 0 Å². The number of carbonyl (C=O) groups is 1. The van der Waals surface area contributed by atoms with Crippen LogP contribution in [-0.4, -0.2) is 37.1 Å². The molecular weight excluding hydrogens is 369 g/mol. The molecule has 4 rings (SSSR count). The van der Waals surface area contributed by atoms with E-state index in [-0.39, 0.29) is 17.9 Å². The molecule has 138 valence electrons. The summed E-state index contributed by atoms with van der Waals surface area (Å²) in [6.07, 6.45) is 1.14. The van der Waals surface area contributed by atoms with Gasteiger partial charge in [0, 0.05) is 24.6 Å². The minimum atomic E-state index is -1.20. The highest BCUT2D eigenvalue weighted by atomic mass is 32.2. The minimum Gasteiger partial charge on any atom is -0.485 e. The van der Waals surface area contributed by atoms with Crippen LogP contribution in [0.15, 0.2) is 41.4 Å². The van der Waals surface area contributed by atoms with Crippen molar-refractivity contribution in [3.8, 4) is 5.75 Å². The first-order valence-electron chi connectivity index (χ1n) is 8.51. The second-order valence-corrected chi connectivity index (χ2v) is 7.55. The number of hydrogen-bond donors (Lipinski definition) is 0. The lowest BCUT2D eigenvalue weighted by molar-refractivity contribution is -0.132. The Morgan fingerprint density at radius 3 is 2.81 bits per heavy atom. The molecule has 1 spiro atoms. The van der Waals surface area contributed by atoms with Crippen LogP contribution >= 0.6 is 11.8 Å². The van der Waals surface area contributed by atoms with Crippen molar-refractivity contribution >= 4 is 36.1 Å². The molecule has 0 saturated heterocycles. The Morgan fingerprint density at radius 1 is 1.33 bits per heavy atom. The van der Waals surface area contributed by atoms with E-state index < -0.39 is 23.3 Å². The summed E-state index contributed by atoms with van der Waals surface area (Å²) in [7, 11) is 3.60. The Labute approximate surface area is 161 Å². The molecule has 27 heavy (non-hydrogen) atoms. The Morgan fingerprint density at radius 2 is 2.11 bits per heavy atom. The van der Waals surface area contributed by atoms with Gasteiger partial charge in [0.25, 0.3) is 5.91 Å². The van der Waals surface area contributed by atoms with Crippen molar-refractivity contribution in [1.82, 2.24) is 4.90 Å². The number of halogens is 2. The second-order valence-electron chi connectivity index (χ2n) is 6.78. The average Bonchev–Trinajstić information content (AvgIpc) is 2.90. The molecule has 2 aliphatic heterocycles. The van der Waals surface area contributed by atoms with Gasteiger partial charge in [0.05, 0.1) is 0 Å². The number of thioether (sulfide) groups is 1. The summed E-state index contributed by atoms with van der Waals surface area (Å²) in [5.41, 5.74) is 0.520. The summed E-state index contributed by atoms with van der Waals surface area (Å²) < 4.78 is 34.2. The van der Waals surface area contributed by atoms with E-state index in [0.717, 1.165) is 11.5 Å². The summed E-state index contributed by atoms with van der Waals surface area (Å²) in [6, 6.07) is 9.49. The lowest BCUT2D eigenvalue weighted by Gasteiger charge is -2.37. The Hall–Kier alpha value is -2.35. The topological polar surface area (TPSA) is 41.9 Å². The third kappa shape index (κ3) is 2.65. The molecule has 1 amide bonds. The SMILES string of the molecule is Bc1ccc2c(c1)C1(CC(c3cccc(F)c3F)O2)N=C(SC)N(C)C1=O. The van der Waals surface area contributed by atoms with E-state index in [4.69, 9.17) is 9.73 Å². The standard InChI is InChI=1S/C19H17BF2N2O2S/c1-24-17(25)19(23-18(24)27-2)9-15(11-4-3-5-13(21)16(11)22)26-14-7-6-10(20)8-12(14)19/h3-8,15H,9,20H2,1-2H3. The van der Waals surface area contributed by atoms with Gasteiger partial charge in [-0.05, 0) is 18.4 Å². The van der Waals surface area contributed by atoms with E-state index in [1.54, 1.807) is 13.1 Å². The number of ether oxygens (including phenoxy) is 1. The fourth-order valence-electron chi connectivity index (χ4n) is 3.73. The van der Waals surface area contributed by atoms with Crippen LogP contribution in [0.5, 0.6) is 5.75 Å². The molecule has 2 aliphatic rings. The molecule has 2 aromatic carbocycles. The van der Waals surface area contributed by atoms with Crippen molar-refractivity contribution < 1.29 is 18.3 Å². The first-order valence-corrected chi connectivity index (χ1v) is 9.73. The minimum absolute atomic E-state index is 0.0869. The number of likely N-dealkylation sites (N-methyl/N-ethyl adjacent to an activating group) is 1. The van der Waals surface area contributed by atoms with Crippen LogP contribution in [0.3, 0.4) is 0 Å². The highest BCUT2D eigenvalue weighted by molar-refractivity contribution is 8.13. The molecule has 8 heteroatoms. The van der Waals surface area contributed by atoms with E-state index in [1.165, 1.54) is 28.8 Å². The van der Waals surface area contributed by atoms with Crippen molar-refractivity contribution in [2.45, 2.75) is 18.1 Å². The van der Waals surface area contributed by atoms with Gasteiger partial charge in [-0.2, -0.15) is 0 Å². The zero-order valence-electron chi connectivity index (χ0n) is 15.1. The van der Waals surface area contributed by atoms with Gasteiger partial charge in [-0.25, -0.2) is 13.8 Å². The predicted octanol–water partition coefficient (Wildman–Crippen LogP) is 2.13. The normalized spacial score (nSPS) is 24.0. The van der Waals surface area contributed by atoms with Crippen molar-refractivity contribution in [3.05, 3.63) is 59.2 Å². The third-order valence-electron chi connectivity index (χ3n) is 5.07. The summed E-state index contributed by atoms with van der Waals surface area (Å²) in [4.78, 5) is 19.5. The lowest BCUT2D eigenvalue weighted by Crippen LogP contribution is -2.43. The number of fused-ring (bicyclic) bond motifs is 2. The fourth-order valence-corrected chi connectivity index (χ4v) is 4.33. The van der Waals surface area contributed by atoms with Crippen LogP contribution in [0.4, 0.5) is 8.78 Å². The lowest BCUT2D eigenvalue weighted by atomic mass is 9.78. The third-order valence-corrected chi connectivity index (χ3v) is 5.80. The fraction of sp³-hybridized carbons (Fsp3) is 0.263. The van der Waals surface area contributed by atoms with E-state index in [1.807, 2.05) is 26.2 Å². The van der Waals surface area contributed by atoms with Crippen LogP contribution in [0.1, 0.15) is 23.7 Å². The smallest absolute Gasteiger partial charge is 0.261 e. The molecule has 0 fully saturated rings. The maximum Gasteiger partial charge on any atom is 0.261 e. The zero-order chi connectivity index (χ0) is 19.3. The number of nitrogens with zero attached hydrogens (tertiary/aromatic N) is 2. The van der Waals surface area contributed by atoms with E-state index in [2.05, 4.69) is 0 Å². The van der Waals surface area contributed by atoms with Crippen LogP contribution in [0.2, 0.25) is 0 Å². The molecule has 2 unspecified atom stereocenters. The van der Waals surface area contributed by atoms with Gasteiger partial charge in [0.15, 0.2) is 22.3 Å². The van der Waals surface area contributed by atoms with Crippen molar-refractivity contribution in [3.63, 3.8) is 0 Å². The van der Waals surface area contributed by atoms with Gasteiger partial charge in [-0.3, -0.25) is 9.69 Å². The number of aliphatic imine (C=N–C) groups is 1. The summed E-state index contributed by atoms with van der Waals surface area (Å²) in [5, 5.41) is 0.591. The van der Waals surface area contributed by atoms with E-state index >= 15 is 0 Å². The molecule has 2 aromatic rings. The number of benzene rings is 2. The molecule has 4 nitrogen and oxygen atoms in total. The van der Waals surface area contributed by atoms with Crippen molar-refractivity contribution in [1.29, 1.82) is 0 Å². The number of hydrogen-bond acceptors (Lipinski definition) is 4. The first kappa shape index (κ1) is 18.0. The average molecular weight is 386 g/mol. The van der Waals surface area contributed by atoms with Crippen LogP contribution < -0.4 is 10.2 Å². The molecule has 0 bridgehead atoms. The number of amidine groups is 1. The monoisotopic (exact) mass is 386 g/mol. The molecule has 2 atom stereocenters. The number of amides is 1. The molecule has 0 aliphatic carbocycles. The van der Waals surface area contributed by atoms with Gasteiger partial charge in [0.2, 0.25) is 0 Å². The largest absolute Gasteiger partial charge is 0.485 e. The van der Waals surface area contributed by atoms with E-state index in [9.17, 15) is 13.6 Å². The highest BCUT2D eigenvalue weighted by Crippen LogP contribution is 2.50. The highest BCUT2D eigenvalue weighted by Gasteiger charge is 2.54. The van der Waals surface area contributed by atoms with Gasteiger partial charge in [0.1, 0.15) is 19.7 Å². The van der Waals surface area contributed by atoms with E-state index in [0.29, 0.717) is 16.5 Å². The van der Waals surface area contributed by atoms with Gasteiger partial charge < -0.3 is 4.74 Å². The maximum atomic E-state index is 14.4. The van der Waals surface area contributed by atoms with Crippen LogP contribution in [-0.2, 0) is 10.3 Å². The van der Waals surface area contributed by atoms with Crippen LogP contribution in [0, 0.1) is 11.6 Å². The summed E-state index contributed by atoms with van der Waals surface area (Å²) >= 11 is 1.37. The quantitative estimate of drug-likeness (QED) is 0.706. The molecular formula is C19H17BF2N2O2S. The van der Waals surface area contributed by atoms with Crippen molar-refractivity contribution in [2.75, 3.05) is 13.3 Å². The van der Waals surface area contributed by atoms with Gasteiger partial charge in [-0.1, -0.05) is 41.5 Å². The number of carbonyl (C=O) groups excluding carboxylic acids is 1. The van der Waals surface area contributed by atoms with Crippen LogP contribution in [0.25, 0.3) is 0 Å². The molecule has 2 heterocycles. The Bertz CT molecular complexity index is 984. The van der Waals surface area contributed by atoms with Crippen molar-refractivity contribution in [2.24, 2.45) is 4.99 Å². The number of rotatable bonds is 1. The first-order chi connectivity index (χ1) is 12.9. The summed E-state index contributed by atoms with van der Waals surface area (Å²) in [6.45, 7) is 0. The molecule has 0 aromatic heterocycles. The predicted molar refractivity (Wildman–Crippen MR) is 104 cm³/mol. The summed E-state index contributed by atoms with van der Waals surface area (Å²) in [5.74, 6) is -1.62. The second kappa shape index (κ2) is 6.37. The Kier molecular flexibility index (Phi) is 4.26. The molecule has 0 radical (unpaired) electrons. The maximum absolute atomic E-state index is 14.4. The zero-order valence-corrected chi connectivity index (χ0v) is 15.9. The Balaban J connectivity index is 1.91. The molecule has 0 saturated carbocycles.